The summed E-state index contributed by atoms with van der Waals surface area (Å²) in [5, 5.41) is 0. The Morgan fingerprint density at radius 3 is 2.60 bits per heavy atom. The highest BCUT2D eigenvalue weighted by Gasteiger charge is 2.16. The number of hydrogen-bond donors (Lipinski definition) is 0. The van der Waals surface area contributed by atoms with Crippen molar-refractivity contribution in [3.05, 3.63) is 52.3 Å². The monoisotopic (exact) mass is 343 g/mol. The highest BCUT2D eigenvalue weighted by atomic mass is 79.9. The number of rotatable bonds is 5. The topological polar surface area (TPSA) is 31.4 Å². The third kappa shape index (κ3) is 3.90. The van der Waals surface area contributed by atoms with E-state index < -0.39 is 6.61 Å². The Morgan fingerprint density at radius 1 is 1.25 bits per heavy atom. The molecule has 20 heavy (non-hydrogen) atoms. The van der Waals surface area contributed by atoms with Gasteiger partial charge >= 0.3 is 6.61 Å². The van der Waals surface area contributed by atoms with Crippen molar-refractivity contribution in [1.29, 1.82) is 0 Å². The summed E-state index contributed by atoms with van der Waals surface area (Å²) in [4.78, 5) is 4.02. The second-order valence-electron chi connectivity index (χ2n) is 4.01. The van der Waals surface area contributed by atoms with Crippen LogP contribution in [0.1, 0.15) is 11.3 Å². The zero-order chi connectivity index (χ0) is 14.5. The van der Waals surface area contributed by atoms with Crippen molar-refractivity contribution < 1.29 is 18.3 Å². The molecule has 1 aromatic heterocycles. The lowest BCUT2D eigenvalue weighted by Gasteiger charge is -2.14. The predicted octanol–water partition coefficient (Wildman–Crippen LogP) is 4.33. The first-order valence-corrected chi connectivity index (χ1v) is 6.64. The van der Waals surface area contributed by atoms with Crippen LogP contribution in [0.15, 0.2) is 41.0 Å². The minimum atomic E-state index is -2.92. The van der Waals surface area contributed by atoms with Gasteiger partial charge in [-0.3, -0.25) is 0 Å². The van der Waals surface area contributed by atoms with Crippen molar-refractivity contribution in [2.75, 3.05) is 0 Å². The first kappa shape index (κ1) is 14.7. The van der Waals surface area contributed by atoms with Crippen molar-refractivity contribution in [3.63, 3.8) is 0 Å². The van der Waals surface area contributed by atoms with E-state index in [0.29, 0.717) is 10.3 Å². The van der Waals surface area contributed by atoms with E-state index in [1.54, 1.807) is 6.92 Å². The van der Waals surface area contributed by atoms with Crippen LogP contribution in [0.25, 0.3) is 0 Å². The Morgan fingerprint density at radius 2 is 1.95 bits per heavy atom. The lowest BCUT2D eigenvalue weighted by molar-refractivity contribution is -0.0523. The second-order valence-corrected chi connectivity index (χ2v) is 4.82. The molecular formula is C14H12BrF2NO2. The van der Waals surface area contributed by atoms with Gasteiger partial charge in [0, 0.05) is 6.07 Å². The standard InChI is InChI=1S/C14H12BrF2NO2/c1-9-13(20-14(16)17)11(7-12(15)18-9)19-8-10-5-3-2-4-6-10/h2-7,14H,8H2,1H3. The van der Waals surface area contributed by atoms with Crippen LogP contribution in [0, 0.1) is 6.92 Å². The van der Waals surface area contributed by atoms with Crippen LogP contribution < -0.4 is 9.47 Å². The van der Waals surface area contributed by atoms with E-state index in [9.17, 15) is 8.78 Å². The van der Waals surface area contributed by atoms with Crippen LogP contribution in [0.2, 0.25) is 0 Å². The maximum absolute atomic E-state index is 12.4. The highest BCUT2D eigenvalue weighted by Crippen LogP contribution is 2.34. The summed E-state index contributed by atoms with van der Waals surface area (Å²) in [5.74, 6) is 0.188. The quantitative estimate of drug-likeness (QED) is 0.757. The minimum absolute atomic E-state index is 0.0425. The number of ether oxygens (including phenoxy) is 2. The highest BCUT2D eigenvalue weighted by molar-refractivity contribution is 9.10. The number of hydrogen-bond acceptors (Lipinski definition) is 3. The normalized spacial score (nSPS) is 10.7. The average Bonchev–Trinajstić information content (AvgIpc) is 2.40. The van der Waals surface area contributed by atoms with Crippen molar-refractivity contribution in [2.45, 2.75) is 20.1 Å². The van der Waals surface area contributed by atoms with Crippen molar-refractivity contribution in [2.24, 2.45) is 0 Å². The zero-order valence-corrected chi connectivity index (χ0v) is 12.2. The third-order valence-electron chi connectivity index (χ3n) is 2.52. The summed E-state index contributed by atoms with van der Waals surface area (Å²) in [6.07, 6.45) is 0. The molecule has 0 bridgehead atoms. The molecule has 0 atom stereocenters. The minimum Gasteiger partial charge on any atom is -0.485 e. The smallest absolute Gasteiger partial charge is 0.387 e. The average molecular weight is 344 g/mol. The van der Waals surface area contributed by atoms with E-state index >= 15 is 0 Å². The molecule has 0 aliphatic carbocycles. The molecular weight excluding hydrogens is 332 g/mol. The molecule has 2 aromatic rings. The molecule has 0 amide bonds. The molecule has 1 aromatic carbocycles. The molecule has 0 unspecified atom stereocenters. The van der Waals surface area contributed by atoms with E-state index in [2.05, 4.69) is 25.7 Å². The second kappa shape index (κ2) is 6.65. The van der Waals surface area contributed by atoms with Gasteiger partial charge in [0.2, 0.25) is 0 Å². The predicted molar refractivity (Wildman–Crippen MR) is 74.1 cm³/mol. The van der Waals surface area contributed by atoms with Gasteiger partial charge in [0.1, 0.15) is 11.2 Å². The van der Waals surface area contributed by atoms with E-state index in [1.165, 1.54) is 6.07 Å². The van der Waals surface area contributed by atoms with Gasteiger partial charge in [0.15, 0.2) is 11.5 Å². The molecule has 6 heteroatoms. The van der Waals surface area contributed by atoms with Crippen LogP contribution in [-0.2, 0) is 6.61 Å². The summed E-state index contributed by atoms with van der Waals surface area (Å²) in [6.45, 7) is -1.08. The first-order chi connectivity index (χ1) is 9.56. The van der Waals surface area contributed by atoms with Gasteiger partial charge in [-0.05, 0) is 28.4 Å². The van der Waals surface area contributed by atoms with Gasteiger partial charge in [0.05, 0.1) is 5.69 Å². The fraction of sp³-hybridized carbons (Fsp3) is 0.214. The molecule has 0 spiro atoms. The van der Waals surface area contributed by atoms with E-state index in [1.807, 2.05) is 30.3 Å². The van der Waals surface area contributed by atoms with Gasteiger partial charge in [-0.25, -0.2) is 4.98 Å². The lowest BCUT2D eigenvalue weighted by atomic mass is 10.2. The maximum atomic E-state index is 12.4. The summed E-state index contributed by atoms with van der Waals surface area (Å²) < 4.78 is 35.4. The number of benzene rings is 1. The Hall–Kier alpha value is -1.69. The van der Waals surface area contributed by atoms with Crippen molar-refractivity contribution >= 4 is 15.9 Å². The molecule has 106 valence electrons. The van der Waals surface area contributed by atoms with E-state index in [4.69, 9.17) is 4.74 Å². The summed E-state index contributed by atoms with van der Waals surface area (Å²) >= 11 is 3.21. The number of aromatic nitrogens is 1. The molecule has 0 radical (unpaired) electrons. The molecule has 0 aliphatic rings. The van der Waals surface area contributed by atoms with E-state index in [-0.39, 0.29) is 18.1 Å². The number of pyridine rings is 1. The van der Waals surface area contributed by atoms with Crippen molar-refractivity contribution in [1.82, 2.24) is 4.98 Å². The summed E-state index contributed by atoms with van der Waals surface area (Å²) in [6, 6.07) is 10.9. The Bertz CT molecular complexity index is 579. The summed E-state index contributed by atoms with van der Waals surface area (Å²) in [7, 11) is 0. The molecule has 0 aliphatic heterocycles. The van der Waals surface area contributed by atoms with Crippen LogP contribution in [0.5, 0.6) is 11.5 Å². The van der Waals surface area contributed by atoms with E-state index in [0.717, 1.165) is 5.56 Å². The largest absolute Gasteiger partial charge is 0.485 e. The Balaban J connectivity index is 2.21. The van der Waals surface area contributed by atoms with Crippen LogP contribution in [0.4, 0.5) is 8.78 Å². The fourth-order valence-electron chi connectivity index (χ4n) is 1.67. The number of halogens is 3. The number of nitrogens with zero attached hydrogens (tertiary/aromatic N) is 1. The van der Waals surface area contributed by atoms with Gasteiger partial charge in [0.25, 0.3) is 0 Å². The van der Waals surface area contributed by atoms with Crippen LogP contribution in [0.3, 0.4) is 0 Å². The molecule has 0 N–H and O–H groups in total. The molecule has 0 saturated carbocycles. The molecule has 2 rings (SSSR count). The SMILES string of the molecule is Cc1nc(Br)cc(OCc2ccccc2)c1OC(F)F. The third-order valence-corrected chi connectivity index (χ3v) is 2.93. The molecule has 0 saturated heterocycles. The van der Waals surface area contributed by atoms with Gasteiger partial charge in [-0.15, -0.1) is 0 Å². The molecule has 3 nitrogen and oxygen atoms in total. The van der Waals surface area contributed by atoms with Gasteiger partial charge in [-0.1, -0.05) is 30.3 Å². The first-order valence-electron chi connectivity index (χ1n) is 5.85. The Kier molecular flexibility index (Phi) is 4.89. The summed E-state index contributed by atoms with van der Waals surface area (Å²) in [5.41, 5.74) is 1.27. The van der Waals surface area contributed by atoms with Crippen LogP contribution in [-0.4, -0.2) is 11.6 Å². The lowest BCUT2D eigenvalue weighted by Crippen LogP contribution is -2.07. The maximum Gasteiger partial charge on any atom is 0.387 e. The Labute approximate surface area is 123 Å². The zero-order valence-electron chi connectivity index (χ0n) is 10.6. The van der Waals surface area contributed by atoms with Crippen molar-refractivity contribution in [3.8, 4) is 11.5 Å². The number of aryl methyl sites for hydroxylation is 1. The van der Waals surface area contributed by atoms with Gasteiger partial charge < -0.3 is 9.47 Å². The fourth-order valence-corrected chi connectivity index (χ4v) is 2.14. The van der Waals surface area contributed by atoms with Crippen LogP contribution >= 0.6 is 15.9 Å². The number of alkyl halides is 2. The molecule has 0 fully saturated rings. The molecule has 1 heterocycles. The van der Waals surface area contributed by atoms with Gasteiger partial charge in [-0.2, -0.15) is 8.78 Å².